The van der Waals surface area contributed by atoms with Crippen LogP contribution in [0.1, 0.15) is 31.1 Å². The van der Waals surface area contributed by atoms with Crippen molar-refractivity contribution < 1.29 is 19.1 Å². The number of carbonyl (C=O) groups excluding carboxylic acids is 2. The fraction of sp³-hybridized carbons (Fsp3) is 0.429. The average Bonchev–Trinajstić information content (AvgIpc) is 2.97. The first-order valence-corrected chi connectivity index (χ1v) is 10.8. The average molecular weight is 437 g/mol. The van der Waals surface area contributed by atoms with E-state index in [1.54, 1.807) is 6.92 Å². The van der Waals surface area contributed by atoms with E-state index in [1.165, 1.54) is 11.3 Å². The molecule has 8 heteroatoms. The number of nitrogens with one attached hydrogen (secondary N) is 1. The lowest BCUT2D eigenvalue weighted by Gasteiger charge is -2.34. The summed E-state index contributed by atoms with van der Waals surface area (Å²) in [7, 11) is 0. The minimum Gasteiger partial charge on any atom is -0.462 e. The SMILES string of the molecule is CCOC(=O)c1c(NC(=O)CN2C[C@@H](C)O[C@@H](C)C2)sc(Cl)c1-c1ccccc1. The Labute approximate surface area is 179 Å². The van der Waals surface area contributed by atoms with E-state index in [0.29, 0.717) is 33.6 Å². The lowest BCUT2D eigenvalue weighted by atomic mass is 10.0. The monoisotopic (exact) mass is 436 g/mol. The van der Waals surface area contributed by atoms with E-state index in [4.69, 9.17) is 21.1 Å². The van der Waals surface area contributed by atoms with Gasteiger partial charge in [-0.3, -0.25) is 9.69 Å². The van der Waals surface area contributed by atoms with Gasteiger partial charge < -0.3 is 14.8 Å². The number of nitrogens with zero attached hydrogens (tertiary/aromatic N) is 1. The number of benzene rings is 1. The summed E-state index contributed by atoms with van der Waals surface area (Å²) in [4.78, 5) is 27.4. The third-order valence-corrected chi connectivity index (χ3v) is 5.84. The van der Waals surface area contributed by atoms with Crippen LogP contribution in [-0.2, 0) is 14.3 Å². The molecule has 0 spiro atoms. The van der Waals surface area contributed by atoms with Gasteiger partial charge in [-0.05, 0) is 26.3 Å². The number of hydrogen-bond donors (Lipinski definition) is 1. The Bertz CT molecular complexity index is 861. The summed E-state index contributed by atoms with van der Waals surface area (Å²) in [5.74, 6) is -0.701. The van der Waals surface area contributed by atoms with Crippen LogP contribution < -0.4 is 5.32 Å². The molecule has 3 rings (SSSR count). The second kappa shape index (κ2) is 9.71. The molecular formula is C21H25ClN2O4S. The van der Waals surface area contributed by atoms with Crippen molar-refractivity contribution in [2.75, 3.05) is 31.6 Å². The number of morpholine rings is 1. The predicted molar refractivity (Wildman–Crippen MR) is 116 cm³/mol. The molecule has 2 atom stereocenters. The van der Waals surface area contributed by atoms with Crippen molar-refractivity contribution >= 4 is 39.8 Å². The van der Waals surface area contributed by atoms with Gasteiger partial charge in [-0.1, -0.05) is 41.9 Å². The Kier molecular flexibility index (Phi) is 7.29. The van der Waals surface area contributed by atoms with Gasteiger partial charge in [0.05, 0.1) is 25.4 Å². The highest BCUT2D eigenvalue weighted by atomic mass is 35.5. The number of carbonyl (C=O) groups is 2. The summed E-state index contributed by atoms with van der Waals surface area (Å²) in [5, 5.41) is 3.28. The summed E-state index contributed by atoms with van der Waals surface area (Å²) in [6, 6.07) is 9.38. The molecule has 1 aromatic heterocycles. The fourth-order valence-corrected chi connectivity index (χ4v) is 4.92. The van der Waals surface area contributed by atoms with Gasteiger partial charge in [0.1, 0.15) is 14.9 Å². The van der Waals surface area contributed by atoms with Crippen LogP contribution in [0, 0.1) is 0 Å². The van der Waals surface area contributed by atoms with Gasteiger partial charge in [0.2, 0.25) is 5.91 Å². The van der Waals surface area contributed by atoms with Crippen LogP contribution in [0.3, 0.4) is 0 Å². The molecular weight excluding hydrogens is 412 g/mol. The molecule has 1 N–H and O–H groups in total. The molecule has 0 unspecified atom stereocenters. The number of ether oxygens (including phenoxy) is 2. The van der Waals surface area contributed by atoms with Gasteiger partial charge in [0.25, 0.3) is 0 Å². The largest absolute Gasteiger partial charge is 0.462 e. The molecule has 156 valence electrons. The van der Waals surface area contributed by atoms with Crippen molar-refractivity contribution in [1.82, 2.24) is 4.90 Å². The maximum Gasteiger partial charge on any atom is 0.341 e. The molecule has 2 aromatic rings. The van der Waals surface area contributed by atoms with Gasteiger partial charge in [0.15, 0.2) is 0 Å². The zero-order valence-electron chi connectivity index (χ0n) is 16.7. The Morgan fingerprint density at radius 3 is 2.52 bits per heavy atom. The number of rotatable bonds is 6. The fourth-order valence-electron chi connectivity index (χ4n) is 3.53. The Morgan fingerprint density at radius 2 is 1.90 bits per heavy atom. The summed E-state index contributed by atoms with van der Waals surface area (Å²) in [6.07, 6.45) is 0.144. The highest BCUT2D eigenvalue weighted by Gasteiger charge is 2.28. The summed E-state index contributed by atoms with van der Waals surface area (Å²) in [5.41, 5.74) is 1.68. The first-order valence-electron chi connectivity index (χ1n) is 9.61. The molecule has 0 saturated carbocycles. The normalized spacial score (nSPS) is 19.7. The molecule has 0 radical (unpaired) electrons. The second-order valence-electron chi connectivity index (χ2n) is 7.04. The molecule has 1 aliphatic heterocycles. The number of hydrogen-bond acceptors (Lipinski definition) is 6. The quantitative estimate of drug-likeness (QED) is 0.684. The minimum atomic E-state index is -0.501. The number of halogens is 1. The van der Waals surface area contributed by atoms with E-state index >= 15 is 0 Å². The third-order valence-electron chi connectivity index (χ3n) is 4.52. The Balaban J connectivity index is 1.85. The van der Waals surface area contributed by atoms with Crippen molar-refractivity contribution in [3.63, 3.8) is 0 Å². The Hall–Kier alpha value is -1.93. The lowest BCUT2D eigenvalue weighted by molar-refractivity contribution is -0.121. The van der Waals surface area contributed by atoms with Crippen LogP contribution >= 0.6 is 22.9 Å². The zero-order valence-corrected chi connectivity index (χ0v) is 18.3. The molecule has 1 fully saturated rings. The number of amides is 1. The molecule has 0 aliphatic carbocycles. The minimum absolute atomic E-state index is 0.0718. The van der Waals surface area contributed by atoms with E-state index in [2.05, 4.69) is 5.32 Å². The third kappa shape index (κ3) is 5.36. The van der Waals surface area contributed by atoms with Crippen LogP contribution in [-0.4, -0.2) is 55.2 Å². The molecule has 2 heterocycles. The first kappa shape index (κ1) is 21.8. The maximum absolute atomic E-state index is 12.7. The standard InChI is InChI=1S/C21H25ClN2O4S/c1-4-27-21(26)18-17(15-8-6-5-7-9-15)19(22)29-20(18)23-16(25)12-24-10-13(2)28-14(3)11-24/h5-9,13-14H,4,10-12H2,1-3H3,(H,23,25)/t13-,14+. The van der Waals surface area contributed by atoms with Crippen LogP contribution in [0.4, 0.5) is 5.00 Å². The van der Waals surface area contributed by atoms with Crippen molar-refractivity contribution in [2.24, 2.45) is 0 Å². The molecule has 1 aromatic carbocycles. The molecule has 0 bridgehead atoms. The summed E-state index contributed by atoms with van der Waals surface area (Å²) < 4.78 is 11.4. The van der Waals surface area contributed by atoms with Crippen molar-refractivity contribution in [1.29, 1.82) is 0 Å². The van der Waals surface area contributed by atoms with E-state index in [9.17, 15) is 9.59 Å². The first-order chi connectivity index (χ1) is 13.9. The Morgan fingerprint density at radius 1 is 1.24 bits per heavy atom. The van der Waals surface area contributed by atoms with Gasteiger partial charge in [0, 0.05) is 18.7 Å². The lowest BCUT2D eigenvalue weighted by Crippen LogP contribution is -2.48. The van der Waals surface area contributed by atoms with Gasteiger partial charge in [-0.15, -0.1) is 11.3 Å². The zero-order chi connectivity index (χ0) is 21.0. The number of esters is 1. The van der Waals surface area contributed by atoms with Crippen LogP contribution in [0.5, 0.6) is 0 Å². The van der Waals surface area contributed by atoms with Gasteiger partial charge in [-0.25, -0.2) is 4.79 Å². The van der Waals surface area contributed by atoms with Crippen molar-refractivity contribution in [3.8, 4) is 11.1 Å². The highest BCUT2D eigenvalue weighted by molar-refractivity contribution is 7.21. The van der Waals surface area contributed by atoms with E-state index in [-0.39, 0.29) is 31.3 Å². The van der Waals surface area contributed by atoms with E-state index < -0.39 is 5.97 Å². The summed E-state index contributed by atoms with van der Waals surface area (Å²) >= 11 is 7.65. The van der Waals surface area contributed by atoms with Crippen LogP contribution in [0.15, 0.2) is 30.3 Å². The highest BCUT2D eigenvalue weighted by Crippen LogP contribution is 2.43. The van der Waals surface area contributed by atoms with E-state index in [0.717, 1.165) is 5.56 Å². The molecule has 6 nitrogen and oxygen atoms in total. The smallest absolute Gasteiger partial charge is 0.341 e. The number of anilines is 1. The topological polar surface area (TPSA) is 67.9 Å². The molecule has 29 heavy (non-hydrogen) atoms. The predicted octanol–water partition coefficient (Wildman–Crippen LogP) is 4.29. The molecule has 1 aliphatic rings. The van der Waals surface area contributed by atoms with Gasteiger partial charge in [-0.2, -0.15) is 0 Å². The molecule has 1 saturated heterocycles. The second-order valence-corrected chi connectivity index (χ2v) is 8.66. The summed E-state index contributed by atoms with van der Waals surface area (Å²) in [6.45, 7) is 7.54. The number of thiophene rings is 1. The van der Waals surface area contributed by atoms with Crippen molar-refractivity contribution in [2.45, 2.75) is 33.0 Å². The van der Waals surface area contributed by atoms with Crippen molar-refractivity contribution in [3.05, 3.63) is 40.2 Å². The maximum atomic E-state index is 12.7. The molecule has 1 amide bonds. The van der Waals surface area contributed by atoms with Crippen LogP contribution in [0.2, 0.25) is 4.34 Å². The van der Waals surface area contributed by atoms with E-state index in [1.807, 2.05) is 49.1 Å². The van der Waals surface area contributed by atoms with Gasteiger partial charge >= 0.3 is 5.97 Å². The van der Waals surface area contributed by atoms with Crippen LogP contribution in [0.25, 0.3) is 11.1 Å².